The van der Waals surface area contributed by atoms with Crippen LogP contribution in [0.5, 0.6) is 0 Å². The zero-order chi connectivity index (χ0) is 38.6. The minimum atomic E-state index is -1.07. The summed E-state index contributed by atoms with van der Waals surface area (Å²) in [4.78, 5) is 71.1. The van der Waals surface area contributed by atoms with Crippen molar-refractivity contribution in [1.82, 2.24) is 20.4 Å². The zero-order valence-electron chi connectivity index (χ0n) is 33.4. The highest BCUT2D eigenvalue weighted by molar-refractivity contribution is 5.92. The van der Waals surface area contributed by atoms with Crippen molar-refractivity contribution >= 4 is 29.3 Å². The van der Waals surface area contributed by atoms with Crippen LogP contribution in [0.2, 0.25) is 0 Å². The Morgan fingerprint density at radius 3 is 1.94 bits per heavy atom. The number of nitrogens with zero attached hydrogens (tertiary/aromatic N) is 2. The molecule has 1 aliphatic rings. The minimum Gasteiger partial charge on any atom is -0.391 e. The largest absolute Gasteiger partial charge is 0.391 e. The van der Waals surface area contributed by atoms with Gasteiger partial charge in [-0.1, -0.05) is 68.7 Å². The van der Waals surface area contributed by atoms with Gasteiger partial charge in [-0.2, -0.15) is 0 Å². The molecule has 12 nitrogen and oxygen atoms in total. The van der Waals surface area contributed by atoms with Gasteiger partial charge in [-0.05, 0) is 44.6 Å². The topological polar surface area (TPSA) is 155 Å². The fourth-order valence-electron chi connectivity index (χ4n) is 7.46. The van der Waals surface area contributed by atoms with Crippen molar-refractivity contribution in [2.45, 2.75) is 144 Å². The fraction of sp³-hybridized carbons (Fsp3) is 0.868. The van der Waals surface area contributed by atoms with Gasteiger partial charge < -0.3 is 35.0 Å². The summed E-state index contributed by atoms with van der Waals surface area (Å²) in [5.41, 5.74) is 0. The number of nitrogens with one attached hydrogen (secondary N) is 2. The van der Waals surface area contributed by atoms with Crippen molar-refractivity contribution in [1.29, 1.82) is 0 Å². The molecule has 1 saturated heterocycles. The summed E-state index contributed by atoms with van der Waals surface area (Å²) in [6.07, 6.45) is -0.0971. The van der Waals surface area contributed by atoms with E-state index >= 15 is 0 Å². The zero-order valence-corrected chi connectivity index (χ0v) is 33.4. The molecular formula is C38H70N4O8. The van der Waals surface area contributed by atoms with E-state index in [1.807, 2.05) is 41.5 Å². The highest BCUT2D eigenvalue weighted by Gasteiger charge is 2.43. The number of ketones is 2. The predicted molar refractivity (Wildman–Crippen MR) is 195 cm³/mol. The number of Topliss-reactive ketones (excluding diaryl/α,β-unsaturated/α-hetero) is 2. The molecule has 290 valence electrons. The molecule has 0 aliphatic carbocycles. The van der Waals surface area contributed by atoms with Gasteiger partial charge in [0.2, 0.25) is 17.7 Å². The van der Waals surface area contributed by atoms with Crippen LogP contribution < -0.4 is 10.6 Å². The molecule has 3 amide bonds. The van der Waals surface area contributed by atoms with Crippen LogP contribution in [-0.2, 0) is 33.4 Å². The van der Waals surface area contributed by atoms with E-state index in [4.69, 9.17) is 9.47 Å². The number of carbonyl (C=O) groups is 5. The van der Waals surface area contributed by atoms with Gasteiger partial charge in [-0.25, -0.2) is 0 Å². The van der Waals surface area contributed by atoms with Gasteiger partial charge in [0.05, 0.1) is 48.8 Å². The molecule has 12 heteroatoms. The van der Waals surface area contributed by atoms with Crippen LogP contribution in [0.15, 0.2) is 0 Å². The standard InChI is InChI=1S/C38H70N4O8/c1-15-24(8)34(41(12)38(48)27(21(2)3)19-29(44)32(39-11)22(4)5)30(49-13)20-31(45)42-18-16-17-28(42)36(50-14)25(9)37(47)40-33(26(10)43)35(46)23(6)7/h21-28,30,32-34,36,39,43H,15-20H2,1-14H3,(H,40,47)/t24-,25+,26?,27-,28-,30+,32-,33-,34-,36?/m0/s1. The van der Waals surface area contributed by atoms with E-state index in [2.05, 4.69) is 10.6 Å². The Morgan fingerprint density at radius 1 is 0.900 bits per heavy atom. The summed E-state index contributed by atoms with van der Waals surface area (Å²) < 4.78 is 11.8. The highest BCUT2D eigenvalue weighted by atomic mass is 16.5. The molecule has 0 radical (unpaired) electrons. The number of aliphatic hydroxyl groups is 1. The van der Waals surface area contributed by atoms with E-state index in [1.54, 1.807) is 51.8 Å². The van der Waals surface area contributed by atoms with Gasteiger partial charge in [-0.15, -0.1) is 0 Å². The number of ether oxygens (including phenoxy) is 2. The maximum atomic E-state index is 14.2. The Bertz CT molecular complexity index is 1110. The van der Waals surface area contributed by atoms with E-state index < -0.39 is 54.2 Å². The summed E-state index contributed by atoms with van der Waals surface area (Å²) in [6.45, 7) is 19.1. The van der Waals surface area contributed by atoms with Crippen molar-refractivity contribution in [2.24, 2.45) is 35.5 Å². The Kier molecular flexibility index (Phi) is 19.3. The van der Waals surface area contributed by atoms with Gasteiger partial charge in [0.15, 0.2) is 11.6 Å². The first kappa shape index (κ1) is 45.6. The van der Waals surface area contributed by atoms with Crippen molar-refractivity contribution in [3.8, 4) is 0 Å². The molecule has 1 fully saturated rings. The molecule has 1 rings (SSSR count). The van der Waals surface area contributed by atoms with E-state index in [-0.39, 0.29) is 65.9 Å². The smallest absolute Gasteiger partial charge is 0.226 e. The van der Waals surface area contributed by atoms with Gasteiger partial charge in [0.1, 0.15) is 6.04 Å². The second-order valence-corrected chi connectivity index (χ2v) is 15.4. The number of rotatable bonds is 22. The quantitative estimate of drug-likeness (QED) is 0.153. The second kappa shape index (κ2) is 21.2. The number of hydrogen-bond acceptors (Lipinski definition) is 9. The minimum absolute atomic E-state index is 0.00473. The van der Waals surface area contributed by atoms with Gasteiger partial charge in [0.25, 0.3) is 0 Å². The third-order valence-electron chi connectivity index (χ3n) is 10.8. The molecule has 10 atom stereocenters. The molecule has 0 bridgehead atoms. The number of methoxy groups -OCH3 is 2. The van der Waals surface area contributed by atoms with Crippen molar-refractivity contribution < 1.29 is 38.6 Å². The molecule has 2 unspecified atom stereocenters. The third-order valence-corrected chi connectivity index (χ3v) is 10.8. The van der Waals surface area contributed by atoms with Gasteiger partial charge >= 0.3 is 0 Å². The van der Waals surface area contributed by atoms with Crippen molar-refractivity contribution in [2.75, 3.05) is 34.9 Å². The monoisotopic (exact) mass is 711 g/mol. The van der Waals surface area contributed by atoms with E-state index in [9.17, 15) is 29.1 Å². The summed E-state index contributed by atoms with van der Waals surface area (Å²) in [5, 5.41) is 16.1. The highest BCUT2D eigenvalue weighted by Crippen LogP contribution is 2.31. The molecular weight excluding hydrogens is 640 g/mol. The number of likely N-dealkylation sites (N-methyl/N-ethyl adjacent to an activating group) is 2. The molecule has 0 aromatic heterocycles. The van der Waals surface area contributed by atoms with Crippen molar-refractivity contribution in [3.05, 3.63) is 0 Å². The maximum Gasteiger partial charge on any atom is 0.226 e. The van der Waals surface area contributed by atoms with Crippen LogP contribution in [0.25, 0.3) is 0 Å². The van der Waals surface area contributed by atoms with Crippen molar-refractivity contribution in [3.63, 3.8) is 0 Å². The molecule has 3 N–H and O–H groups in total. The van der Waals surface area contributed by atoms with E-state index in [0.29, 0.717) is 13.0 Å². The fourth-order valence-corrected chi connectivity index (χ4v) is 7.46. The second-order valence-electron chi connectivity index (χ2n) is 15.4. The van der Waals surface area contributed by atoms with Crippen LogP contribution in [0.3, 0.4) is 0 Å². The van der Waals surface area contributed by atoms with Gasteiger partial charge in [-0.3, -0.25) is 24.0 Å². The Balaban J connectivity index is 3.28. The molecule has 50 heavy (non-hydrogen) atoms. The molecule has 0 spiro atoms. The third kappa shape index (κ3) is 11.8. The average molecular weight is 711 g/mol. The lowest BCUT2D eigenvalue weighted by atomic mass is 9.84. The number of likely N-dealkylation sites (tertiary alicyclic amines) is 1. The molecule has 0 aromatic carbocycles. The molecule has 0 saturated carbocycles. The Labute approximate surface area is 302 Å². The first-order chi connectivity index (χ1) is 23.3. The van der Waals surface area contributed by atoms with Crippen LogP contribution in [0.1, 0.15) is 101 Å². The van der Waals surface area contributed by atoms with Crippen LogP contribution in [0.4, 0.5) is 0 Å². The van der Waals surface area contributed by atoms with Crippen LogP contribution >= 0.6 is 0 Å². The first-order valence-electron chi connectivity index (χ1n) is 18.6. The van der Waals surface area contributed by atoms with E-state index in [0.717, 1.165) is 12.8 Å². The predicted octanol–water partition coefficient (Wildman–Crippen LogP) is 3.47. The van der Waals surface area contributed by atoms with Gasteiger partial charge in [0, 0.05) is 46.1 Å². The Hall–Kier alpha value is -2.41. The average Bonchev–Trinajstić information content (AvgIpc) is 3.54. The molecule has 1 aliphatic heterocycles. The lowest BCUT2D eigenvalue weighted by molar-refractivity contribution is -0.149. The SMILES string of the molecule is CC[C@H](C)[C@@H]([C@@H](CC(=O)N1CCC[C@H]1C(OC)[C@@H](C)C(=O)N[C@H](C(=O)C(C)C)C(C)O)OC)N(C)C(=O)[C@@H](CC(=O)[C@@H](NC)C(C)C)C(C)C. The lowest BCUT2D eigenvalue weighted by Gasteiger charge is -2.41. The summed E-state index contributed by atoms with van der Waals surface area (Å²) in [6, 6.07) is -2.21. The molecule has 0 aromatic rings. The Morgan fingerprint density at radius 2 is 1.50 bits per heavy atom. The summed E-state index contributed by atoms with van der Waals surface area (Å²) >= 11 is 0. The lowest BCUT2D eigenvalue weighted by Crippen LogP contribution is -2.56. The summed E-state index contributed by atoms with van der Waals surface area (Å²) in [5.74, 6) is -2.61. The number of hydrogen-bond donors (Lipinski definition) is 3. The number of carbonyl (C=O) groups excluding carboxylic acids is 5. The van der Waals surface area contributed by atoms with Crippen LogP contribution in [-0.4, -0.2) is 122 Å². The normalized spacial score (nSPS) is 20.5. The number of amides is 3. The number of aliphatic hydroxyl groups excluding tert-OH is 1. The molecule has 1 heterocycles. The van der Waals surface area contributed by atoms with Crippen LogP contribution in [0, 0.1) is 35.5 Å². The maximum absolute atomic E-state index is 14.2. The summed E-state index contributed by atoms with van der Waals surface area (Å²) in [7, 11) is 6.57. The van der Waals surface area contributed by atoms with E-state index in [1.165, 1.54) is 14.0 Å². The first-order valence-corrected chi connectivity index (χ1v) is 18.6.